The van der Waals surface area contributed by atoms with Crippen LogP contribution in [0.1, 0.15) is 26.2 Å². The first-order valence-corrected chi connectivity index (χ1v) is 5.59. The van der Waals surface area contributed by atoms with E-state index in [9.17, 15) is 0 Å². The van der Waals surface area contributed by atoms with Crippen LogP contribution in [0, 0.1) is 11.8 Å². The normalized spacial score (nSPS) is 39.4. The molecule has 1 heterocycles. The second-order valence-electron chi connectivity index (χ2n) is 4.61. The topological polar surface area (TPSA) is 9.23 Å². The van der Waals surface area contributed by atoms with E-state index in [1.807, 2.05) is 0 Å². The van der Waals surface area contributed by atoms with Crippen molar-refractivity contribution in [1.82, 2.24) is 0 Å². The van der Waals surface area contributed by atoms with Gasteiger partial charge in [0, 0.05) is 12.3 Å². The first-order chi connectivity index (χ1) is 6.86. The molecule has 14 heavy (non-hydrogen) atoms. The van der Waals surface area contributed by atoms with Crippen molar-refractivity contribution in [2.45, 2.75) is 32.3 Å². The lowest BCUT2D eigenvalue weighted by Gasteiger charge is -2.14. The van der Waals surface area contributed by atoms with Gasteiger partial charge in [-0.25, -0.2) is 0 Å². The summed E-state index contributed by atoms with van der Waals surface area (Å²) in [6.07, 6.45) is 12.8. The Balaban J connectivity index is 1.97. The zero-order valence-corrected chi connectivity index (χ0v) is 8.57. The molecule has 0 bridgehead atoms. The lowest BCUT2D eigenvalue weighted by atomic mass is 9.89. The molecule has 1 fully saturated rings. The average molecular weight is 188 g/mol. The van der Waals surface area contributed by atoms with Crippen LogP contribution < -0.4 is 0 Å². The maximum absolute atomic E-state index is 6.02. The van der Waals surface area contributed by atoms with Crippen LogP contribution in [0.5, 0.6) is 0 Å². The quantitative estimate of drug-likeness (QED) is 0.567. The summed E-state index contributed by atoms with van der Waals surface area (Å²) in [6.45, 7) is 2.36. The van der Waals surface area contributed by atoms with E-state index in [0.29, 0.717) is 12.0 Å². The fourth-order valence-corrected chi connectivity index (χ4v) is 3.01. The maximum atomic E-state index is 6.02. The molecule has 1 saturated carbocycles. The molecular formula is C13H16O. The van der Waals surface area contributed by atoms with Crippen LogP contribution in [-0.4, -0.2) is 6.10 Å². The minimum absolute atomic E-state index is 0.492. The Kier molecular flexibility index (Phi) is 1.79. The van der Waals surface area contributed by atoms with Crippen LogP contribution in [-0.2, 0) is 4.74 Å². The fraction of sp³-hybridized carbons (Fsp3) is 0.538. The van der Waals surface area contributed by atoms with Gasteiger partial charge in [0.05, 0.1) is 0 Å². The number of fused-ring (bicyclic) bond motifs is 2. The molecule has 0 aromatic rings. The van der Waals surface area contributed by atoms with Crippen molar-refractivity contribution in [1.29, 1.82) is 0 Å². The summed E-state index contributed by atoms with van der Waals surface area (Å²) < 4.78 is 6.02. The average Bonchev–Trinajstić information content (AvgIpc) is 2.61. The standard InChI is InChI=1S/C13H16O/c1-9-7-8-12-13(9)10-5-3-2-4-6-11(10)14-12/h2-5,9,12-13H,6-8H2,1H3. The van der Waals surface area contributed by atoms with Gasteiger partial charge in [-0.05, 0) is 24.3 Å². The van der Waals surface area contributed by atoms with Gasteiger partial charge in [-0.2, -0.15) is 0 Å². The maximum Gasteiger partial charge on any atom is 0.105 e. The van der Waals surface area contributed by atoms with E-state index in [1.165, 1.54) is 24.2 Å². The van der Waals surface area contributed by atoms with E-state index in [1.54, 1.807) is 0 Å². The SMILES string of the molecule is CC1CCC2OC3=C(C=CC=CC3)C12. The smallest absolute Gasteiger partial charge is 0.105 e. The van der Waals surface area contributed by atoms with Crippen molar-refractivity contribution in [3.63, 3.8) is 0 Å². The third-order valence-electron chi connectivity index (χ3n) is 3.72. The highest BCUT2D eigenvalue weighted by Crippen LogP contribution is 2.47. The summed E-state index contributed by atoms with van der Waals surface area (Å²) in [5.41, 5.74) is 1.48. The van der Waals surface area contributed by atoms with E-state index in [-0.39, 0.29) is 0 Å². The van der Waals surface area contributed by atoms with Gasteiger partial charge in [-0.3, -0.25) is 0 Å². The molecule has 0 aromatic heterocycles. The van der Waals surface area contributed by atoms with Crippen LogP contribution >= 0.6 is 0 Å². The monoisotopic (exact) mass is 188 g/mol. The summed E-state index contributed by atoms with van der Waals surface area (Å²) in [4.78, 5) is 0. The van der Waals surface area contributed by atoms with Gasteiger partial charge >= 0.3 is 0 Å². The largest absolute Gasteiger partial charge is 0.493 e. The highest BCUT2D eigenvalue weighted by atomic mass is 16.5. The van der Waals surface area contributed by atoms with E-state index in [4.69, 9.17) is 4.74 Å². The zero-order chi connectivity index (χ0) is 9.54. The number of rotatable bonds is 0. The molecule has 0 amide bonds. The molecule has 3 unspecified atom stereocenters. The predicted octanol–water partition coefficient (Wildman–Crippen LogP) is 3.20. The number of hydrogen-bond acceptors (Lipinski definition) is 1. The molecule has 3 aliphatic rings. The van der Waals surface area contributed by atoms with Crippen LogP contribution in [0.25, 0.3) is 0 Å². The Hall–Kier alpha value is -0.980. The Morgan fingerprint density at radius 3 is 3.14 bits per heavy atom. The molecule has 0 radical (unpaired) electrons. The van der Waals surface area contributed by atoms with Gasteiger partial charge in [0.15, 0.2) is 0 Å². The number of hydrogen-bond donors (Lipinski definition) is 0. The Morgan fingerprint density at radius 1 is 1.29 bits per heavy atom. The highest BCUT2D eigenvalue weighted by Gasteiger charge is 2.42. The zero-order valence-electron chi connectivity index (χ0n) is 8.57. The molecule has 2 aliphatic carbocycles. The van der Waals surface area contributed by atoms with Crippen LogP contribution in [0.3, 0.4) is 0 Å². The van der Waals surface area contributed by atoms with Crippen LogP contribution in [0.4, 0.5) is 0 Å². The number of ether oxygens (including phenoxy) is 1. The summed E-state index contributed by atoms with van der Waals surface area (Å²) in [5.74, 6) is 2.72. The van der Waals surface area contributed by atoms with Gasteiger partial charge in [0.1, 0.15) is 11.9 Å². The van der Waals surface area contributed by atoms with Gasteiger partial charge in [0.2, 0.25) is 0 Å². The summed E-state index contributed by atoms with van der Waals surface area (Å²) >= 11 is 0. The first kappa shape index (κ1) is 8.34. The summed E-state index contributed by atoms with van der Waals surface area (Å²) in [7, 11) is 0. The molecule has 3 rings (SSSR count). The van der Waals surface area contributed by atoms with Crippen molar-refractivity contribution < 1.29 is 4.74 Å². The molecule has 0 aromatic carbocycles. The molecular weight excluding hydrogens is 172 g/mol. The highest BCUT2D eigenvalue weighted by molar-refractivity contribution is 5.36. The minimum atomic E-state index is 0.492. The van der Waals surface area contributed by atoms with E-state index >= 15 is 0 Å². The number of allylic oxidation sites excluding steroid dienone is 4. The molecule has 1 aliphatic heterocycles. The second kappa shape index (κ2) is 3.01. The fourth-order valence-electron chi connectivity index (χ4n) is 3.01. The molecule has 0 spiro atoms. The Bertz CT molecular complexity index is 335. The molecule has 1 heteroatoms. The van der Waals surface area contributed by atoms with Crippen molar-refractivity contribution in [3.8, 4) is 0 Å². The van der Waals surface area contributed by atoms with Crippen molar-refractivity contribution in [2.24, 2.45) is 11.8 Å². The molecule has 3 atom stereocenters. The van der Waals surface area contributed by atoms with E-state index < -0.39 is 0 Å². The molecule has 0 N–H and O–H groups in total. The minimum Gasteiger partial charge on any atom is -0.493 e. The van der Waals surface area contributed by atoms with Gasteiger partial charge in [-0.15, -0.1) is 0 Å². The van der Waals surface area contributed by atoms with E-state index in [2.05, 4.69) is 31.2 Å². The predicted molar refractivity (Wildman–Crippen MR) is 56.7 cm³/mol. The summed E-state index contributed by atoms with van der Waals surface area (Å²) in [6, 6.07) is 0. The summed E-state index contributed by atoms with van der Waals surface area (Å²) in [5, 5.41) is 0. The Labute approximate surface area is 85.1 Å². The van der Waals surface area contributed by atoms with Crippen LogP contribution in [0.15, 0.2) is 35.6 Å². The van der Waals surface area contributed by atoms with Crippen LogP contribution in [0.2, 0.25) is 0 Å². The van der Waals surface area contributed by atoms with Gasteiger partial charge in [0.25, 0.3) is 0 Å². The third-order valence-corrected chi connectivity index (χ3v) is 3.72. The van der Waals surface area contributed by atoms with Gasteiger partial charge in [-0.1, -0.05) is 31.2 Å². The van der Waals surface area contributed by atoms with Crippen molar-refractivity contribution in [2.75, 3.05) is 0 Å². The lowest BCUT2D eigenvalue weighted by molar-refractivity contribution is 0.121. The van der Waals surface area contributed by atoms with Crippen molar-refractivity contribution >= 4 is 0 Å². The Morgan fingerprint density at radius 2 is 2.21 bits per heavy atom. The molecule has 0 saturated heterocycles. The molecule has 1 nitrogen and oxygen atoms in total. The third kappa shape index (κ3) is 1.08. The van der Waals surface area contributed by atoms with Gasteiger partial charge < -0.3 is 4.74 Å². The first-order valence-electron chi connectivity index (χ1n) is 5.59. The second-order valence-corrected chi connectivity index (χ2v) is 4.61. The lowest BCUT2D eigenvalue weighted by Crippen LogP contribution is -2.14. The van der Waals surface area contributed by atoms with Crippen molar-refractivity contribution in [3.05, 3.63) is 35.6 Å². The molecule has 74 valence electrons. The van der Waals surface area contributed by atoms with E-state index in [0.717, 1.165) is 12.3 Å².